The van der Waals surface area contributed by atoms with Gasteiger partial charge in [0.15, 0.2) is 9.84 Å². The Morgan fingerprint density at radius 1 is 1.29 bits per heavy atom. The second-order valence-corrected chi connectivity index (χ2v) is 6.34. The average Bonchev–Trinajstić information content (AvgIpc) is 2.28. The van der Waals surface area contributed by atoms with Crippen molar-refractivity contribution in [3.05, 3.63) is 29.8 Å². The van der Waals surface area contributed by atoms with Crippen LogP contribution < -0.4 is 10.5 Å². The number of nitrogens with two attached hydrogens (primary N) is 1. The van der Waals surface area contributed by atoms with Gasteiger partial charge < -0.3 is 10.5 Å². The van der Waals surface area contributed by atoms with Crippen molar-refractivity contribution in [2.75, 3.05) is 13.4 Å². The third-order valence-electron chi connectivity index (χ3n) is 2.85. The number of rotatable bonds is 5. The van der Waals surface area contributed by atoms with E-state index in [1.165, 1.54) is 6.26 Å². The Labute approximate surface area is 103 Å². The van der Waals surface area contributed by atoms with Crippen molar-refractivity contribution >= 4 is 9.84 Å². The van der Waals surface area contributed by atoms with E-state index >= 15 is 0 Å². The molecular formula is C12H19NO3S. The molecule has 2 atom stereocenters. The van der Waals surface area contributed by atoms with Gasteiger partial charge >= 0.3 is 0 Å². The first-order valence-electron chi connectivity index (χ1n) is 5.48. The van der Waals surface area contributed by atoms with Crippen molar-refractivity contribution in [1.29, 1.82) is 0 Å². The zero-order valence-corrected chi connectivity index (χ0v) is 11.2. The molecule has 0 unspecified atom stereocenters. The summed E-state index contributed by atoms with van der Waals surface area (Å²) in [7, 11) is -1.55. The predicted octanol–water partition coefficient (Wildman–Crippen LogP) is 1.52. The molecule has 96 valence electrons. The minimum atomic E-state index is -3.13. The van der Waals surface area contributed by atoms with Gasteiger partial charge in [0.05, 0.1) is 12.4 Å². The van der Waals surface area contributed by atoms with Gasteiger partial charge in [-0.1, -0.05) is 19.1 Å². The molecule has 17 heavy (non-hydrogen) atoms. The first kappa shape index (κ1) is 14.0. The molecule has 1 rings (SSSR count). The maximum Gasteiger partial charge on any atom is 0.152 e. The molecule has 1 aromatic carbocycles. The van der Waals surface area contributed by atoms with Crippen LogP contribution in [-0.2, 0) is 9.84 Å². The van der Waals surface area contributed by atoms with E-state index in [4.69, 9.17) is 10.5 Å². The van der Waals surface area contributed by atoms with Crippen molar-refractivity contribution in [3.63, 3.8) is 0 Å². The molecule has 0 radical (unpaired) electrons. The molecule has 4 nitrogen and oxygen atoms in total. The first-order chi connectivity index (χ1) is 7.90. The van der Waals surface area contributed by atoms with E-state index in [-0.39, 0.29) is 0 Å². The number of methoxy groups -OCH3 is 1. The summed E-state index contributed by atoms with van der Waals surface area (Å²) in [6, 6.07) is 6.67. The smallest absolute Gasteiger partial charge is 0.152 e. The van der Waals surface area contributed by atoms with Crippen LogP contribution in [0, 0.1) is 0 Å². The highest BCUT2D eigenvalue weighted by Gasteiger charge is 2.26. The molecule has 0 heterocycles. The summed E-state index contributed by atoms with van der Waals surface area (Å²) in [4.78, 5) is 0. The van der Waals surface area contributed by atoms with Crippen molar-refractivity contribution in [1.82, 2.24) is 0 Å². The molecule has 0 saturated carbocycles. The summed E-state index contributed by atoms with van der Waals surface area (Å²) in [5.74, 6) is 0.730. The Morgan fingerprint density at radius 2 is 1.82 bits per heavy atom. The van der Waals surface area contributed by atoms with E-state index < -0.39 is 21.1 Å². The van der Waals surface area contributed by atoms with Gasteiger partial charge in [0, 0.05) is 12.3 Å². The number of hydrogen-bond acceptors (Lipinski definition) is 4. The third kappa shape index (κ3) is 3.44. The summed E-state index contributed by atoms with van der Waals surface area (Å²) in [5, 5.41) is -0.545. The van der Waals surface area contributed by atoms with Crippen LogP contribution in [0.3, 0.4) is 0 Å². The first-order valence-corrected chi connectivity index (χ1v) is 7.44. The Bertz CT molecular complexity index is 453. The molecule has 0 fully saturated rings. The standard InChI is InChI=1S/C12H19NO3S/c1-4-11(17(3,14)15)12(13)9-5-7-10(16-2)8-6-9/h5-8,11-12H,4,13H2,1-3H3/t11-,12-/m1/s1. The van der Waals surface area contributed by atoms with Gasteiger partial charge in [0.25, 0.3) is 0 Å². The fourth-order valence-corrected chi connectivity index (χ4v) is 3.16. The average molecular weight is 257 g/mol. The monoisotopic (exact) mass is 257 g/mol. The third-order valence-corrected chi connectivity index (χ3v) is 4.58. The lowest BCUT2D eigenvalue weighted by atomic mass is 10.0. The van der Waals surface area contributed by atoms with Gasteiger partial charge in [-0.15, -0.1) is 0 Å². The molecule has 0 amide bonds. The van der Waals surface area contributed by atoms with E-state index in [0.717, 1.165) is 11.3 Å². The molecule has 0 aliphatic carbocycles. The molecule has 0 bridgehead atoms. The van der Waals surface area contributed by atoms with Crippen LogP contribution in [0.2, 0.25) is 0 Å². The number of ether oxygens (including phenoxy) is 1. The molecule has 0 saturated heterocycles. The largest absolute Gasteiger partial charge is 0.497 e. The van der Waals surface area contributed by atoms with Crippen molar-refractivity contribution < 1.29 is 13.2 Å². The maximum atomic E-state index is 11.6. The zero-order chi connectivity index (χ0) is 13.1. The van der Waals surface area contributed by atoms with Gasteiger partial charge in [-0.3, -0.25) is 0 Å². The van der Waals surface area contributed by atoms with Gasteiger partial charge in [-0.05, 0) is 24.1 Å². The van der Waals surface area contributed by atoms with E-state index in [1.807, 2.05) is 6.92 Å². The van der Waals surface area contributed by atoms with Crippen LogP contribution >= 0.6 is 0 Å². The predicted molar refractivity (Wildman–Crippen MR) is 68.8 cm³/mol. The van der Waals surface area contributed by atoms with Crippen LogP contribution in [-0.4, -0.2) is 27.0 Å². The Kier molecular flexibility index (Phi) is 4.54. The number of hydrogen-bond donors (Lipinski definition) is 1. The van der Waals surface area contributed by atoms with Crippen LogP contribution in [0.1, 0.15) is 24.9 Å². The summed E-state index contributed by atoms with van der Waals surface area (Å²) in [6.45, 7) is 1.83. The highest BCUT2D eigenvalue weighted by molar-refractivity contribution is 7.91. The fourth-order valence-electron chi connectivity index (χ4n) is 1.86. The van der Waals surface area contributed by atoms with E-state index in [9.17, 15) is 8.42 Å². The van der Waals surface area contributed by atoms with E-state index in [1.54, 1.807) is 31.4 Å². The molecule has 0 aliphatic rings. The van der Waals surface area contributed by atoms with Crippen molar-refractivity contribution in [2.45, 2.75) is 24.6 Å². The van der Waals surface area contributed by atoms with Crippen molar-refractivity contribution in [3.8, 4) is 5.75 Å². The topological polar surface area (TPSA) is 69.4 Å². The molecular weight excluding hydrogens is 238 g/mol. The Hall–Kier alpha value is -1.07. The lowest BCUT2D eigenvalue weighted by Crippen LogP contribution is -2.32. The summed E-state index contributed by atoms with van der Waals surface area (Å²) >= 11 is 0. The van der Waals surface area contributed by atoms with Crippen LogP contribution in [0.15, 0.2) is 24.3 Å². The number of sulfone groups is 1. The lowest BCUT2D eigenvalue weighted by molar-refractivity contribution is 0.414. The van der Waals surface area contributed by atoms with Crippen LogP contribution in [0.25, 0.3) is 0 Å². The van der Waals surface area contributed by atoms with E-state index in [0.29, 0.717) is 6.42 Å². The zero-order valence-electron chi connectivity index (χ0n) is 10.4. The molecule has 1 aromatic rings. The van der Waals surface area contributed by atoms with Gasteiger partial charge in [0.1, 0.15) is 5.75 Å². The van der Waals surface area contributed by atoms with Gasteiger partial charge in [-0.2, -0.15) is 0 Å². The minimum absolute atomic E-state index is 0.499. The maximum absolute atomic E-state index is 11.6. The molecule has 0 aromatic heterocycles. The summed E-state index contributed by atoms with van der Waals surface area (Å²) in [6.07, 6.45) is 1.73. The van der Waals surface area contributed by atoms with E-state index in [2.05, 4.69) is 0 Å². The molecule has 0 aliphatic heterocycles. The van der Waals surface area contributed by atoms with Crippen molar-refractivity contribution in [2.24, 2.45) is 5.73 Å². The number of benzene rings is 1. The second kappa shape index (κ2) is 5.51. The molecule has 2 N–H and O–H groups in total. The van der Waals surface area contributed by atoms with Crippen LogP contribution in [0.5, 0.6) is 5.75 Å². The van der Waals surface area contributed by atoms with Gasteiger partial charge in [-0.25, -0.2) is 8.42 Å². The second-order valence-electron chi connectivity index (χ2n) is 4.08. The normalized spacial score (nSPS) is 15.3. The summed E-state index contributed by atoms with van der Waals surface area (Å²) in [5.41, 5.74) is 6.82. The summed E-state index contributed by atoms with van der Waals surface area (Å²) < 4.78 is 28.2. The lowest BCUT2D eigenvalue weighted by Gasteiger charge is -2.21. The Morgan fingerprint density at radius 3 is 2.18 bits per heavy atom. The molecule has 0 spiro atoms. The Balaban J connectivity index is 2.98. The minimum Gasteiger partial charge on any atom is -0.497 e. The SMILES string of the molecule is CC[C@H]([C@H](N)c1ccc(OC)cc1)S(C)(=O)=O. The quantitative estimate of drug-likeness (QED) is 0.868. The fraction of sp³-hybridized carbons (Fsp3) is 0.500. The highest BCUT2D eigenvalue weighted by atomic mass is 32.2. The van der Waals surface area contributed by atoms with Gasteiger partial charge in [0.2, 0.25) is 0 Å². The van der Waals surface area contributed by atoms with Crippen LogP contribution in [0.4, 0.5) is 0 Å². The molecule has 5 heteroatoms. The highest BCUT2D eigenvalue weighted by Crippen LogP contribution is 2.23.